The van der Waals surface area contributed by atoms with Crippen molar-refractivity contribution >= 4 is 11.4 Å². The molecule has 0 radical (unpaired) electrons. The lowest BCUT2D eigenvalue weighted by Gasteiger charge is -2.33. The van der Waals surface area contributed by atoms with E-state index >= 15 is 0 Å². The lowest BCUT2D eigenvalue weighted by Crippen LogP contribution is -3.00. The minimum atomic E-state index is 0. The SMILES string of the molecule is CCCCCCCCCCCCCCCC[N+](C)(c1ccccc1)c1ccccc1.[Cl-]. The molecule has 2 aromatic rings. The van der Waals surface area contributed by atoms with Gasteiger partial charge in [0.1, 0.15) is 11.4 Å². The molecule has 1 nitrogen and oxygen atoms in total. The van der Waals surface area contributed by atoms with Crippen molar-refractivity contribution in [3.05, 3.63) is 60.7 Å². The highest BCUT2D eigenvalue weighted by Gasteiger charge is 2.27. The molecule has 31 heavy (non-hydrogen) atoms. The zero-order chi connectivity index (χ0) is 21.3. The molecule has 2 aromatic carbocycles. The summed E-state index contributed by atoms with van der Waals surface area (Å²) in [6.07, 6.45) is 19.8. The molecule has 0 amide bonds. The number of para-hydroxylation sites is 2. The van der Waals surface area contributed by atoms with Gasteiger partial charge in [-0.2, -0.15) is 0 Å². The molecule has 0 saturated carbocycles. The number of halogens is 1. The fraction of sp³-hybridized carbons (Fsp3) is 0.586. The minimum absolute atomic E-state index is 0. The zero-order valence-corrected chi connectivity index (χ0v) is 21.0. The van der Waals surface area contributed by atoms with Crippen molar-refractivity contribution in [1.29, 1.82) is 0 Å². The summed E-state index contributed by atoms with van der Waals surface area (Å²) in [5.41, 5.74) is 2.77. The fourth-order valence-corrected chi connectivity index (χ4v) is 4.54. The van der Waals surface area contributed by atoms with Crippen LogP contribution in [0.4, 0.5) is 11.4 Å². The van der Waals surface area contributed by atoms with Gasteiger partial charge >= 0.3 is 0 Å². The van der Waals surface area contributed by atoms with Gasteiger partial charge in [-0.3, -0.25) is 4.48 Å². The Morgan fingerprint density at radius 2 is 0.806 bits per heavy atom. The molecule has 0 unspecified atom stereocenters. The first-order valence-corrected chi connectivity index (χ1v) is 12.7. The van der Waals surface area contributed by atoms with Crippen molar-refractivity contribution < 1.29 is 12.4 Å². The van der Waals surface area contributed by atoms with E-state index in [-0.39, 0.29) is 12.4 Å². The normalized spacial score (nSPS) is 11.3. The van der Waals surface area contributed by atoms with Crippen LogP contribution in [0, 0.1) is 0 Å². The van der Waals surface area contributed by atoms with Crippen LogP contribution < -0.4 is 16.9 Å². The predicted molar refractivity (Wildman–Crippen MR) is 135 cm³/mol. The third-order valence-electron chi connectivity index (χ3n) is 6.61. The van der Waals surface area contributed by atoms with Crippen molar-refractivity contribution in [3.8, 4) is 0 Å². The van der Waals surface area contributed by atoms with Crippen LogP contribution in [0.15, 0.2) is 60.7 Å². The van der Waals surface area contributed by atoms with Gasteiger partial charge in [0.2, 0.25) is 0 Å². The molecule has 0 heterocycles. The Labute approximate surface area is 199 Å². The van der Waals surface area contributed by atoms with E-state index in [1.165, 1.54) is 108 Å². The highest BCUT2D eigenvalue weighted by atomic mass is 35.5. The number of nitrogens with zero attached hydrogens (tertiary/aromatic N) is 1. The Balaban J connectivity index is 0.00000480. The van der Waals surface area contributed by atoms with E-state index in [9.17, 15) is 0 Å². The average Bonchev–Trinajstić information content (AvgIpc) is 2.80. The minimum Gasteiger partial charge on any atom is -1.00 e. The van der Waals surface area contributed by atoms with E-state index in [1.807, 2.05) is 0 Å². The molecule has 0 aromatic heterocycles. The molecule has 2 heteroatoms. The molecule has 0 aliphatic heterocycles. The molecule has 0 aliphatic rings. The van der Waals surface area contributed by atoms with E-state index in [0.29, 0.717) is 0 Å². The van der Waals surface area contributed by atoms with Gasteiger partial charge in [-0.1, -0.05) is 120 Å². The van der Waals surface area contributed by atoms with Crippen LogP contribution in [-0.2, 0) is 0 Å². The molecule has 0 spiro atoms. The van der Waals surface area contributed by atoms with E-state index in [4.69, 9.17) is 0 Å². The van der Waals surface area contributed by atoms with Crippen LogP contribution in [0.1, 0.15) is 96.8 Å². The Morgan fingerprint density at radius 1 is 0.484 bits per heavy atom. The first-order valence-electron chi connectivity index (χ1n) is 12.7. The van der Waals surface area contributed by atoms with Crippen molar-refractivity contribution in [3.63, 3.8) is 0 Å². The lowest BCUT2D eigenvalue weighted by atomic mass is 10.0. The van der Waals surface area contributed by atoms with Gasteiger partial charge in [0.25, 0.3) is 0 Å². The standard InChI is InChI=1S/C29H46N.ClH/c1-3-4-5-6-7-8-9-10-11-12-13-14-15-22-27-30(2,28-23-18-16-19-24-28)29-25-20-17-21-26-29;/h16-21,23-26H,3-15,22,27H2,1-2H3;1H/q+1;/p-1. The Kier molecular flexibility index (Phi) is 15.4. The number of rotatable bonds is 17. The summed E-state index contributed by atoms with van der Waals surface area (Å²) >= 11 is 0. The van der Waals surface area contributed by atoms with Crippen LogP contribution in [0.3, 0.4) is 0 Å². The van der Waals surface area contributed by atoms with Crippen molar-refractivity contribution in [2.75, 3.05) is 13.6 Å². The van der Waals surface area contributed by atoms with Crippen molar-refractivity contribution in [2.45, 2.75) is 96.8 Å². The Hall–Kier alpha value is -1.31. The molecular weight excluding hydrogens is 398 g/mol. The molecule has 0 N–H and O–H groups in total. The highest BCUT2D eigenvalue weighted by Crippen LogP contribution is 2.32. The number of quaternary nitrogens is 1. The van der Waals surface area contributed by atoms with Crippen LogP contribution in [-0.4, -0.2) is 13.6 Å². The molecule has 0 atom stereocenters. The first-order chi connectivity index (χ1) is 14.8. The maximum atomic E-state index is 2.37. The second-order valence-corrected chi connectivity index (χ2v) is 9.18. The van der Waals surface area contributed by atoms with E-state index in [0.717, 1.165) is 4.48 Å². The van der Waals surface area contributed by atoms with Gasteiger partial charge in [-0.05, 0) is 37.1 Å². The zero-order valence-electron chi connectivity index (χ0n) is 20.2. The maximum absolute atomic E-state index is 2.37. The number of hydrogen-bond acceptors (Lipinski definition) is 0. The Morgan fingerprint density at radius 3 is 1.16 bits per heavy atom. The summed E-state index contributed by atoms with van der Waals surface area (Å²) in [7, 11) is 2.37. The van der Waals surface area contributed by atoms with Gasteiger partial charge in [0.15, 0.2) is 0 Å². The summed E-state index contributed by atoms with van der Waals surface area (Å²) in [5, 5.41) is 0. The molecule has 0 bridgehead atoms. The molecule has 2 rings (SSSR count). The average molecular weight is 444 g/mol. The third-order valence-corrected chi connectivity index (χ3v) is 6.61. The highest BCUT2D eigenvalue weighted by molar-refractivity contribution is 5.57. The largest absolute Gasteiger partial charge is 1.00 e. The van der Waals surface area contributed by atoms with Crippen molar-refractivity contribution in [2.24, 2.45) is 0 Å². The topological polar surface area (TPSA) is 0 Å². The van der Waals surface area contributed by atoms with Gasteiger partial charge < -0.3 is 12.4 Å². The molecule has 0 saturated heterocycles. The summed E-state index contributed by atoms with van der Waals surface area (Å²) in [5.74, 6) is 0. The van der Waals surface area contributed by atoms with Gasteiger partial charge in [0, 0.05) is 0 Å². The predicted octanol–water partition coefficient (Wildman–Crippen LogP) is 6.44. The van der Waals surface area contributed by atoms with E-state index in [2.05, 4.69) is 74.6 Å². The van der Waals surface area contributed by atoms with E-state index < -0.39 is 0 Å². The number of unbranched alkanes of at least 4 members (excludes halogenated alkanes) is 13. The molecule has 0 aliphatic carbocycles. The van der Waals surface area contributed by atoms with Gasteiger partial charge in [-0.15, -0.1) is 0 Å². The first kappa shape index (κ1) is 27.7. The van der Waals surface area contributed by atoms with Gasteiger partial charge in [0.05, 0.1) is 13.6 Å². The second kappa shape index (κ2) is 17.3. The number of hydrogen-bond donors (Lipinski definition) is 0. The fourth-order valence-electron chi connectivity index (χ4n) is 4.54. The summed E-state index contributed by atoms with van der Waals surface area (Å²) < 4.78 is 0.903. The molecule has 174 valence electrons. The number of benzene rings is 2. The van der Waals surface area contributed by atoms with Crippen LogP contribution in [0.25, 0.3) is 0 Å². The summed E-state index contributed by atoms with van der Waals surface area (Å²) in [6.45, 7) is 3.47. The smallest absolute Gasteiger partial charge is 0.137 e. The second-order valence-electron chi connectivity index (χ2n) is 9.18. The third kappa shape index (κ3) is 10.7. The van der Waals surface area contributed by atoms with E-state index in [1.54, 1.807) is 0 Å². The Bertz CT molecular complexity index is 601. The van der Waals surface area contributed by atoms with Crippen LogP contribution in [0.2, 0.25) is 0 Å². The summed E-state index contributed by atoms with van der Waals surface area (Å²) in [4.78, 5) is 0. The quantitative estimate of drug-likeness (QED) is 0.195. The monoisotopic (exact) mass is 443 g/mol. The van der Waals surface area contributed by atoms with Gasteiger partial charge in [-0.25, -0.2) is 0 Å². The van der Waals surface area contributed by atoms with Crippen molar-refractivity contribution in [1.82, 2.24) is 4.48 Å². The van der Waals surface area contributed by atoms with Crippen LogP contribution >= 0.6 is 0 Å². The molecule has 0 fully saturated rings. The summed E-state index contributed by atoms with van der Waals surface area (Å²) in [6, 6.07) is 22.0. The van der Waals surface area contributed by atoms with Crippen LogP contribution in [0.5, 0.6) is 0 Å². The molecular formula is C29H46ClN. The lowest BCUT2D eigenvalue weighted by molar-refractivity contribution is -0.00000637. The maximum Gasteiger partial charge on any atom is 0.137 e.